The Balaban J connectivity index is 0.00000320. The highest BCUT2D eigenvalue weighted by Crippen LogP contribution is 2.28. The molecule has 0 unspecified atom stereocenters. The van der Waals surface area contributed by atoms with Crippen LogP contribution < -0.4 is 19.5 Å². The van der Waals surface area contributed by atoms with E-state index in [4.69, 9.17) is 14.2 Å². The molecule has 7 heteroatoms. The lowest BCUT2D eigenvalue weighted by Crippen LogP contribution is -2.47. The van der Waals surface area contributed by atoms with Crippen LogP contribution in [-0.4, -0.2) is 50.8 Å². The van der Waals surface area contributed by atoms with Gasteiger partial charge in [0.1, 0.15) is 11.9 Å². The van der Waals surface area contributed by atoms with Crippen LogP contribution >= 0.6 is 24.0 Å². The third-order valence-electron chi connectivity index (χ3n) is 4.98. The zero-order chi connectivity index (χ0) is 20.5. The molecule has 30 heavy (non-hydrogen) atoms. The maximum Gasteiger partial charge on any atom is 0.193 e. The maximum atomic E-state index is 6.09. The number of piperidine rings is 1. The van der Waals surface area contributed by atoms with Crippen LogP contribution in [-0.2, 0) is 6.54 Å². The molecule has 1 aliphatic rings. The molecule has 164 valence electrons. The number of methoxy groups -OCH3 is 1. The Hall–Kier alpha value is -2.16. The molecule has 3 rings (SSSR count). The Bertz CT molecular complexity index is 794. The van der Waals surface area contributed by atoms with Gasteiger partial charge in [-0.15, -0.1) is 24.0 Å². The van der Waals surface area contributed by atoms with Crippen molar-refractivity contribution in [1.29, 1.82) is 0 Å². The fraction of sp³-hybridized carbons (Fsp3) is 0.435. The second kappa shape index (κ2) is 12.5. The van der Waals surface area contributed by atoms with Crippen molar-refractivity contribution in [2.24, 2.45) is 4.99 Å². The van der Waals surface area contributed by atoms with E-state index in [9.17, 15) is 0 Å². The van der Waals surface area contributed by atoms with Gasteiger partial charge in [0.05, 0.1) is 13.7 Å². The fourth-order valence-corrected chi connectivity index (χ4v) is 3.49. The van der Waals surface area contributed by atoms with Crippen LogP contribution in [0, 0.1) is 0 Å². The number of halogens is 1. The maximum absolute atomic E-state index is 6.09. The summed E-state index contributed by atoms with van der Waals surface area (Å²) in [4.78, 5) is 6.75. The van der Waals surface area contributed by atoms with Crippen LogP contribution in [0.3, 0.4) is 0 Å². The minimum atomic E-state index is 0. The predicted octanol–water partition coefficient (Wildman–Crippen LogP) is 4.33. The molecule has 1 fully saturated rings. The van der Waals surface area contributed by atoms with E-state index in [0.717, 1.165) is 54.7 Å². The Morgan fingerprint density at radius 1 is 1.10 bits per heavy atom. The lowest BCUT2D eigenvalue weighted by Gasteiger charge is -2.34. The Kier molecular flexibility index (Phi) is 10.1. The van der Waals surface area contributed by atoms with Crippen molar-refractivity contribution in [3.63, 3.8) is 0 Å². The third-order valence-corrected chi connectivity index (χ3v) is 4.98. The van der Waals surface area contributed by atoms with Crippen molar-refractivity contribution in [3.05, 3.63) is 54.1 Å². The number of nitrogens with one attached hydrogen (secondary N) is 1. The first-order valence-corrected chi connectivity index (χ1v) is 10.2. The van der Waals surface area contributed by atoms with Crippen LogP contribution in [0.25, 0.3) is 0 Å². The number of nitrogens with zero attached hydrogens (tertiary/aromatic N) is 2. The molecule has 0 aromatic heterocycles. The Labute approximate surface area is 196 Å². The van der Waals surface area contributed by atoms with Gasteiger partial charge in [-0.25, -0.2) is 0 Å². The monoisotopic (exact) mass is 525 g/mol. The number of para-hydroxylation sites is 1. The van der Waals surface area contributed by atoms with Gasteiger partial charge < -0.3 is 24.4 Å². The van der Waals surface area contributed by atoms with Gasteiger partial charge in [-0.2, -0.15) is 0 Å². The SMILES string of the molecule is CCOc1ccc(CNC(=NC)N2CCC(Oc3ccccc3)CC2)cc1OC.I. The molecule has 0 atom stereocenters. The summed E-state index contributed by atoms with van der Waals surface area (Å²) in [5.74, 6) is 3.37. The average molecular weight is 525 g/mol. The fourth-order valence-electron chi connectivity index (χ4n) is 3.49. The summed E-state index contributed by atoms with van der Waals surface area (Å²) in [6.45, 7) is 5.10. The van der Waals surface area contributed by atoms with Crippen molar-refractivity contribution in [1.82, 2.24) is 10.2 Å². The molecule has 0 radical (unpaired) electrons. The molecule has 0 aliphatic carbocycles. The molecule has 1 heterocycles. The van der Waals surface area contributed by atoms with Crippen LogP contribution in [0.1, 0.15) is 25.3 Å². The van der Waals surface area contributed by atoms with Gasteiger partial charge in [0, 0.05) is 39.5 Å². The van der Waals surface area contributed by atoms with E-state index in [1.807, 2.05) is 62.5 Å². The number of hydrogen-bond acceptors (Lipinski definition) is 4. The number of guanidine groups is 1. The largest absolute Gasteiger partial charge is 0.493 e. The molecule has 1 aliphatic heterocycles. The molecular weight excluding hydrogens is 493 g/mol. The second-order valence-electron chi connectivity index (χ2n) is 6.94. The molecule has 2 aromatic rings. The zero-order valence-electron chi connectivity index (χ0n) is 18.0. The van der Waals surface area contributed by atoms with Crippen molar-refractivity contribution < 1.29 is 14.2 Å². The zero-order valence-corrected chi connectivity index (χ0v) is 20.3. The van der Waals surface area contributed by atoms with E-state index < -0.39 is 0 Å². The van der Waals surface area contributed by atoms with Crippen LogP contribution in [0.4, 0.5) is 0 Å². The second-order valence-corrected chi connectivity index (χ2v) is 6.94. The molecule has 0 amide bonds. The van der Waals surface area contributed by atoms with Crippen LogP contribution in [0.2, 0.25) is 0 Å². The Morgan fingerprint density at radius 2 is 1.83 bits per heavy atom. The summed E-state index contributed by atoms with van der Waals surface area (Å²) < 4.78 is 17.1. The van der Waals surface area contributed by atoms with Crippen LogP contribution in [0.15, 0.2) is 53.5 Å². The first-order chi connectivity index (χ1) is 14.2. The summed E-state index contributed by atoms with van der Waals surface area (Å²) in [5.41, 5.74) is 1.12. The highest BCUT2D eigenvalue weighted by molar-refractivity contribution is 14.0. The van der Waals surface area contributed by atoms with Gasteiger partial charge in [-0.1, -0.05) is 24.3 Å². The summed E-state index contributed by atoms with van der Waals surface area (Å²) in [5, 5.41) is 3.46. The number of rotatable bonds is 7. The number of hydrogen-bond donors (Lipinski definition) is 1. The predicted molar refractivity (Wildman–Crippen MR) is 131 cm³/mol. The normalized spacial score (nSPS) is 14.6. The van der Waals surface area contributed by atoms with Gasteiger partial charge in [0.15, 0.2) is 17.5 Å². The van der Waals surface area contributed by atoms with Crippen molar-refractivity contribution >= 4 is 29.9 Å². The topological polar surface area (TPSA) is 55.3 Å². The number of benzene rings is 2. The lowest BCUT2D eigenvalue weighted by molar-refractivity contribution is 0.129. The van der Waals surface area contributed by atoms with E-state index in [0.29, 0.717) is 13.2 Å². The van der Waals surface area contributed by atoms with Crippen molar-refractivity contribution in [3.8, 4) is 17.2 Å². The molecule has 6 nitrogen and oxygen atoms in total. The van der Waals surface area contributed by atoms with E-state index in [-0.39, 0.29) is 30.1 Å². The minimum Gasteiger partial charge on any atom is -0.493 e. The van der Waals surface area contributed by atoms with E-state index >= 15 is 0 Å². The summed E-state index contributed by atoms with van der Waals surface area (Å²) >= 11 is 0. The van der Waals surface area contributed by atoms with Gasteiger partial charge in [-0.3, -0.25) is 4.99 Å². The molecule has 1 N–H and O–H groups in total. The number of ether oxygens (including phenoxy) is 3. The smallest absolute Gasteiger partial charge is 0.193 e. The molecule has 0 bridgehead atoms. The molecule has 0 saturated carbocycles. The number of aliphatic imine (C=N–C) groups is 1. The summed E-state index contributed by atoms with van der Waals surface area (Å²) in [6.07, 6.45) is 2.21. The number of likely N-dealkylation sites (tertiary alicyclic amines) is 1. The first-order valence-electron chi connectivity index (χ1n) is 10.2. The Morgan fingerprint density at radius 3 is 2.47 bits per heavy atom. The van der Waals surface area contributed by atoms with Crippen molar-refractivity contribution in [2.45, 2.75) is 32.4 Å². The molecule has 0 spiro atoms. The van der Waals surface area contributed by atoms with Crippen LogP contribution in [0.5, 0.6) is 17.2 Å². The standard InChI is InChI=1S/C23H31N3O3.HI/c1-4-28-21-11-10-18(16-22(21)27-3)17-25-23(24-2)26-14-12-20(13-15-26)29-19-8-6-5-7-9-19;/h5-11,16,20H,4,12-15,17H2,1-3H3,(H,24,25);1H. The molecule has 2 aromatic carbocycles. The van der Waals surface area contributed by atoms with E-state index in [2.05, 4.69) is 15.2 Å². The third kappa shape index (κ3) is 6.68. The minimum absolute atomic E-state index is 0. The van der Waals surface area contributed by atoms with Gasteiger partial charge >= 0.3 is 0 Å². The summed E-state index contributed by atoms with van der Waals surface area (Å²) in [7, 11) is 3.49. The highest BCUT2D eigenvalue weighted by atomic mass is 127. The quantitative estimate of drug-likeness (QED) is 0.332. The van der Waals surface area contributed by atoms with Gasteiger partial charge in [-0.05, 0) is 36.8 Å². The highest BCUT2D eigenvalue weighted by Gasteiger charge is 2.22. The van der Waals surface area contributed by atoms with Crippen molar-refractivity contribution in [2.75, 3.05) is 33.9 Å². The summed E-state index contributed by atoms with van der Waals surface area (Å²) in [6, 6.07) is 16.0. The average Bonchev–Trinajstić information content (AvgIpc) is 2.77. The van der Waals surface area contributed by atoms with Gasteiger partial charge in [0.25, 0.3) is 0 Å². The van der Waals surface area contributed by atoms with E-state index in [1.54, 1.807) is 7.11 Å². The lowest BCUT2D eigenvalue weighted by atomic mass is 10.1. The molecular formula is C23H32IN3O3. The molecule has 1 saturated heterocycles. The van der Waals surface area contributed by atoms with E-state index in [1.165, 1.54) is 0 Å². The van der Waals surface area contributed by atoms with Gasteiger partial charge in [0.2, 0.25) is 0 Å². The first kappa shape index (κ1) is 24.1.